The summed E-state index contributed by atoms with van der Waals surface area (Å²) in [6.07, 6.45) is 18.5. The molecule has 0 aliphatic heterocycles. The van der Waals surface area contributed by atoms with E-state index in [2.05, 4.69) is 56.3 Å². The molecule has 118 valence electrons. The zero-order chi connectivity index (χ0) is 15.2. The number of benzene rings is 1. The second-order valence-electron chi connectivity index (χ2n) is 6.41. The molecule has 0 amide bonds. The van der Waals surface area contributed by atoms with Crippen LogP contribution in [0.1, 0.15) is 83.6 Å². The summed E-state index contributed by atoms with van der Waals surface area (Å²) in [5.74, 6) is 0.876. The van der Waals surface area contributed by atoms with Crippen LogP contribution in [0.2, 0.25) is 0 Å². The summed E-state index contributed by atoms with van der Waals surface area (Å²) < 4.78 is 0. The lowest BCUT2D eigenvalue weighted by molar-refractivity contribution is 0.458. The second-order valence-corrected chi connectivity index (χ2v) is 6.41. The molecular weight excluding hydrogens is 252 g/mol. The average molecular weight is 287 g/mol. The first-order valence-corrected chi connectivity index (χ1v) is 9.04. The van der Waals surface area contributed by atoms with Crippen molar-refractivity contribution in [3.05, 3.63) is 42.0 Å². The molecule has 1 aromatic rings. The third-order valence-electron chi connectivity index (χ3n) is 4.24. The van der Waals surface area contributed by atoms with Crippen LogP contribution in [0.15, 0.2) is 36.4 Å². The third kappa shape index (κ3) is 10.3. The molecule has 1 aromatic carbocycles. The van der Waals surface area contributed by atoms with Gasteiger partial charge in [0.1, 0.15) is 0 Å². The Hall–Kier alpha value is -1.04. The van der Waals surface area contributed by atoms with Gasteiger partial charge in [0.05, 0.1) is 0 Å². The van der Waals surface area contributed by atoms with Crippen molar-refractivity contribution < 1.29 is 0 Å². The molecule has 0 fully saturated rings. The molecule has 21 heavy (non-hydrogen) atoms. The third-order valence-corrected chi connectivity index (χ3v) is 4.24. The highest BCUT2D eigenvalue weighted by molar-refractivity contribution is 5.48. The Morgan fingerprint density at radius 1 is 0.857 bits per heavy atom. The summed E-state index contributed by atoms with van der Waals surface area (Å²) in [5.41, 5.74) is 1.32. The van der Waals surface area contributed by atoms with Crippen LogP contribution in [-0.2, 0) is 0 Å². The van der Waals surface area contributed by atoms with E-state index in [-0.39, 0.29) is 0 Å². The van der Waals surface area contributed by atoms with Crippen LogP contribution in [0.25, 0.3) is 6.08 Å². The van der Waals surface area contributed by atoms with Crippen molar-refractivity contribution in [2.24, 2.45) is 5.92 Å². The predicted molar refractivity (Wildman–Crippen MR) is 96.5 cm³/mol. The monoisotopic (exact) mass is 286 g/mol. The number of hydrogen-bond acceptors (Lipinski definition) is 0. The lowest BCUT2D eigenvalue weighted by Crippen LogP contribution is -1.94. The molecule has 0 aromatic heterocycles. The van der Waals surface area contributed by atoms with Crippen molar-refractivity contribution in [1.82, 2.24) is 0 Å². The fraction of sp³-hybridized carbons (Fsp3) is 0.619. The van der Waals surface area contributed by atoms with E-state index in [0.29, 0.717) is 0 Å². The van der Waals surface area contributed by atoms with Gasteiger partial charge in [-0.25, -0.2) is 0 Å². The normalized spacial score (nSPS) is 12.9. The largest absolute Gasteiger partial charge is 0.0839 e. The molecule has 0 nitrogen and oxygen atoms in total. The SMILES string of the molecule is CCCCCCCCCC(C)CCC=Cc1ccccc1. The zero-order valence-electron chi connectivity index (χ0n) is 14.2. The van der Waals surface area contributed by atoms with Crippen LogP contribution in [0.5, 0.6) is 0 Å². The number of rotatable bonds is 12. The van der Waals surface area contributed by atoms with E-state index < -0.39 is 0 Å². The van der Waals surface area contributed by atoms with Gasteiger partial charge in [0.25, 0.3) is 0 Å². The molecule has 0 saturated carbocycles. The molecule has 0 spiro atoms. The van der Waals surface area contributed by atoms with Crippen molar-refractivity contribution in [1.29, 1.82) is 0 Å². The van der Waals surface area contributed by atoms with Gasteiger partial charge >= 0.3 is 0 Å². The van der Waals surface area contributed by atoms with Crippen LogP contribution in [0.3, 0.4) is 0 Å². The second kappa shape index (κ2) is 12.7. The Bertz CT molecular complexity index is 350. The van der Waals surface area contributed by atoms with Crippen LogP contribution < -0.4 is 0 Å². The fourth-order valence-corrected chi connectivity index (χ4v) is 2.76. The van der Waals surface area contributed by atoms with Crippen molar-refractivity contribution in [3.8, 4) is 0 Å². The van der Waals surface area contributed by atoms with Gasteiger partial charge in [-0.15, -0.1) is 0 Å². The summed E-state index contributed by atoms with van der Waals surface area (Å²) in [7, 11) is 0. The quantitative estimate of drug-likeness (QED) is 0.355. The Morgan fingerprint density at radius 2 is 1.52 bits per heavy atom. The molecule has 1 rings (SSSR count). The van der Waals surface area contributed by atoms with Crippen molar-refractivity contribution in [3.63, 3.8) is 0 Å². The van der Waals surface area contributed by atoms with Crippen LogP contribution in [0.4, 0.5) is 0 Å². The van der Waals surface area contributed by atoms with Gasteiger partial charge in [0.2, 0.25) is 0 Å². The van der Waals surface area contributed by atoms with Gasteiger partial charge in [0, 0.05) is 0 Å². The molecule has 0 saturated heterocycles. The van der Waals surface area contributed by atoms with E-state index in [9.17, 15) is 0 Å². The van der Waals surface area contributed by atoms with Gasteiger partial charge in [0.15, 0.2) is 0 Å². The molecule has 0 aliphatic carbocycles. The van der Waals surface area contributed by atoms with Gasteiger partial charge in [-0.3, -0.25) is 0 Å². The topological polar surface area (TPSA) is 0 Å². The molecule has 1 atom stereocenters. The smallest absolute Gasteiger partial charge is 0.0260 e. The molecule has 0 bridgehead atoms. The summed E-state index contributed by atoms with van der Waals surface area (Å²) in [4.78, 5) is 0. The van der Waals surface area contributed by atoms with E-state index in [1.165, 1.54) is 69.8 Å². The van der Waals surface area contributed by atoms with Gasteiger partial charge < -0.3 is 0 Å². The number of unbranched alkanes of at least 4 members (excludes halogenated alkanes) is 6. The summed E-state index contributed by atoms with van der Waals surface area (Å²) in [6, 6.07) is 10.6. The van der Waals surface area contributed by atoms with Crippen molar-refractivity contribution in [2.45, 2.75) is 78.1 Å². The Balaban J connectivity index is 1.96. The van der Waals surface area contributed by atoms with E-state index in [1.807, 2.05) is 0 Å². The van der Waals surface area contributed by atoms with Gasteiger partial charge in [-0.05, 0) is 24.3 Å². The molecular formula is C21H34. The van der Waals surface area contributed by atoms with E-state index in [0.717, 1.165) is 5.92 Å². The summed E-state index contributed by atoms with van der Waals surface area (Å²) in [6.45, 7) is 4.70. The van der Waals surface area contributed by atoms with Crippen LogP contribution in [0, 0.1) is 5.92 Å². The minimum atomic E-state index is 0.876. The lowest BCUT2D eigenvalue weighted by Gasteiger charge is -2.09. The van der Waals surface area contributed by atoms with Crippen LogP contribution >= 0.6 is 0 Å². The van der Waals surface area contributed by atoms with E-state index in [1.54, 1.807) is 0 Å². The first-order chi connectivity index (χ1) is 10.3. The maximum Gasteiger partial charge on any atom is -0.0260 e. The summed E-state index contributed by atoms with van der Waals surface area (Å²) in [5, 5.41) is 0. The molecule has 0 heteroatoms. The van der Waals surface area contributed by atoms with E-state index >= 15 is 0 Å². The lowest BCUT2D eigenvalue weighted by atomic mass is 9.97. The standard InChI is InChI=1S/C21H34/c1-3-4-5-6-7-8-10-15-20(2)16-13-14-19-21-17-11-9-12-18-21/h9,11-12,14,17-20H,3-8,10,13,15-16H2,1-2H3. The highest BCUT2D eigenvalue weighted by atomic mass is 14.1. The van der Waals surface area contributed by atoms with E-state index in [4.69, 9.17) is 0 Å². The maximum atomic E-state index is 2.41. The van der Waals surface area contributed by atoms with Crippen molar-refractivity contribution in [2.75, 3.05) is 0 Å². The van der Waals surface area contributed by atoms with Gasteiger partial charge in [-0.2, -0.15) is 0 Å². The van der Waals surface area contributed by atoms with Crippen molar-refractivity contribution >= 4 is 6.08 Å². The Morgan fingerprint density at radius 3 is 2.24 bits per heavy atom. The summed E-state index contributed by atoms with van der Waals surface area (Å²) >= 11 is 0. The Labute approximate surface area is 132 Å². The predicted octanol–water partition coefficient (Wildman–Crippen LogP) is 7.26. The maximum absolute atomic E-state index is 2.41. The highest BCUT2D eigenvalue weighted by Crippen LogP contribution is 2.17. The average Bonchev–Trinajstić information content (AvgIpc) is 2.52. The number of hydrogen-bond donors (Lipinski definition) is 0. The first kappa shape index (κ1) is 18.0. The fourth-order valence-electron chi connectivity index (χ4n) is 2.76. The highest BCUT2D eigenvalue weighted by Gasteiger charge is 2.00. The van der Waals surface area contributed by atoms with Crippen LogP contribution in [-0.4, -0.2) is 0 Å². The molecule has 0 radical (unpaired) electrons. The molecule has 0 N–H and O–H groups in total. The Kier molecular flexibility index (Phi) is 10.9. The zero-order valence-corrected chi connectivity index (χ0v) is 14.2. The minimum Gasteiger partial charge on any atom is -0.0839 e. The first-order valence-electron chi connectivity index (χ1n) is 9.04. The molecule has 0 aliphatic rings. The van der Waals surface area contributed by atoms with Gasteiger partial charge in [-0.1, -0.05) is 108 Å². The molecule has 1 unspecified atom stereocenters. The minimum absolute atomic E-state index is 0.876. The number of allylic oxidation sites excluding steroid dienone is 1. The molecule has 0 heterocycles.